The summed E-state index contributed by atoms with van der Waals surface area (Å²) in [7, 11) is 0. The van der Waals surface area contributed by atoms with Gasteiger partial charge in [-0.15, -0.1) is 0 Å². The topological polar surface area (TPSA) is 68.3 Å². The van der Waals surface area contributed by atoms with Gasteiger partial charge in [0.25, 0.3) is 0 Å². The average Bonchev–Trinajstić information content (AvgIpc) is 1.82. The van der Waals surface area contributed by atoms with Crippen LogP contribution in [0.1, 0.15) is 27.7 Å². The van der Waals surface area contributed by atoms with Crippen molar-refractivity contribution >= 4 is 23.1 Å². The van der Waals surface area contributed by atoms with Crippen molar-refractivity contribution in [3.63, 3.8) is 0 Å². The Hall–Kier alpha value is -0.736. The zero-order chi connectivity index (χ0) is 10.8. The van der Waals surface area contributed by atoms with Gasteiger partial charge in [0.2, 0.25) is 5.41 Å². The van der Waals surface area contributed by atoms with Gasteiger partial charge in [-0.05, 0) is 27.7 Å². The molecule has 0 aliphatic carbocycles. The number of hydrogen-bond acceptors (Lipinski definition) is 4. The summed E-state index contributed by atoms with van der Waals surface area (Å²) in [6, 6.07) is 0. The van der Waals surface area contributed by atoms with E-state index in [2.05, 4.69) is 0 Å². The number of carbonyl (C=O) groups excluding carboxylic acids is 4. The van der Waals surface area contributed by atoms with Gasteiger partial charge in [0.1, 0.15) is 0 Å². The minimum atomic E-state index is -2.06. The van der Waals surface area contributed by atoms with Crippen molar-refractivity contribution in [1.29, 1.82) is 0 Å². The smallest absolute Gasteiger partial charge is 0.298 e. The maximum absolute atomic E-state index is 11.1. The average molecular weight is 235 g/mol. The molecule has 0 atom stereocenters. The summed E-state index contributed by atoms with van der Waals surface area (Å²) in [6.07, 6.45) is 0. The molecule has 0 N–H and O–H groups in total. The van der Waals surface area contributed by atoms with Crippen molar-refractivity contribution in [2.24, 2.45) is 5.41 Å². The molecule has 0 aromatic rings. The van der Waals surface area contributed by atoms with Crippen LogP contribution in [0.25, 0.3) is 0 Å². The van der Waals surface area contributed by atoms with E-state index in [9.17, 15) is 19.2 Å². The summed E-state index contributed by atoms with van der Waals surface area (Å²) >= 11 is 0. The Morgan fingerprint density at radius 3 is 0.786 bits per heavy atom. The second kappa shape index (κ2) is 5.22. The Morgan fingerprint density at radius 1 is 0.643 bits per heavy atom. The summed E-state index contributed by atoms with van der Waals surface area (Å²) < 4.78 is 0. The second-order valence-corrected chi connectivity index (χ2v) is 2.97. The van der Waals surface area contributed by atoms with Crippen molar-refractivity contribution < 1.29 is 37.7 Å². The van der Waals surface area contributed by atoms with Crippen molar-refractivity contribution in [2.45, 2.75) is 27.7 Å². The van der Waals surface area contributed by atoms with E-state index in [-0.39, 0.29) is 18.6 Å². The summed E-state index contributed by atoms with van der Waals surface area (Å²) in [5.41, 5.74) is -2.06. The molecule has 0 aromatic carbocycles. The van der Waals surface area contributed by atoms with E-state index in [1.165, 1.54) is 0 Å². The van der Waals surface area contributed by atoms with E-state index >= 15 is 0 Å². The third kappa shape index (κ3) is 2.19. The molecule has 0 aliphatic heterocycles. The van der Waals surface area contributed by atoms with E-state index in [0.717, 1.165) is 27.7 Å². The molecule has 0 spiro atoms. The van der Waals surface area contributed by atoms with Crippen LogP contribution in [-0.2, 0) is 37.7 Å². The van der Waals surface area contributed by atoms with Crippen LogP contribution in [0.3, 0.4) is 0 Å². The number of carbonyl (C=O) groups is 4. The molecule has 5 heteroatoms. The van der Waals surface area contributed by atoms with Crippen LogP contribution in [0.4, 0.5) is 0 Å². The first-order chi connectivity index (χ1) is 5.77. The van der Waals surface area contributed by atoms with Gasteiger partial charge in [-0.3, -0.25) is 19.2 Å². The van der Waals surface area contributed by atoms with Crippen LogP contribution in [0.15, 0.2) is 0 Å². The quantitative estimate of drug-likeness (QED) is 0.658. The zero-order valence-electron chi connectivity index (χ0n) is 8.58. The largest absolute Gasteiger partial charge is 2.00 e. The van der Waals surface area contributed by atoms with Crippen molar-refractivity contribution in [3.8, 4) is 0 Å². The van der Waals surface area contributed by atoms with Gasteiger partial charge in [-0.2, -0.15) is 0 Å². The molecule has 0 fully saturated rings. The van der Waals surface area contributed by atoms with Gasteiger partial charge in [-0.1, -0.05) is 0 Å². The first-order valence-corrected chi connectivity index (χ1v) is 3.82. The Bertz CT molecular complexity index is 232. The van der Waals surface area contributed by atoms with Crippen LogP contribution >= 0.6 is 0 Å². The molecule has 0 heterocycles. The summed E-state index contributed by atoms with van der Waals surface area (Å²) in [5, 5.41) is 0. The van der Waals surface area contributed by atoms with Gasteiger partial charge in [0.15, 0.2) is 23.1 Å². The number of rotatable bonds is 4. The maximum Gasteiger partial charge on any atom is 2.00 e. The van der Waals surface area contributed by atoms with Crippen molar-refractivity contribution in [3.05, 3.63) is 0 Å². The third-order valence-electron chi connectivity index (χ3n) is 2.11. The van der Waals surface area contributed by atoms with E-state index in [4.69, 9.17) is 0 Å². The Kier molecular flexibility index (Phi) is 5.86. The Morgan fingerprint density at radius 2 is 0.786 bits per heavy atom. The Labute approximate surface area is 94.3 Å². The maximum atomic E-state index is 11.1. The first kappa shape index (κ1) is 15.7. The molecule has 0 saturated heterocycles. The predicted molar refractivity (Wildman–Crippen MR) is 45.2 cm³/mol. The molecule has 0 bridgehead atoms. The standard InChI is InChI=1S/C9H12O4.V/c1-5(10)9(6(2)11,7(3)12)8(4)13;/h1-4H3;/q;+2. The zero-order valence-corrected chi connectivity index (χ0v) is 9.98. The first-order valence-electron chi connectivity index (χ1n) is 3.82. The third-order valence-corrected chi connectivity index (χ3v) is 2.11. The van der Waals surface area contributed by atoms with Gasteiger partial charge in [-0.25, -0.2) is 0 Å². The van der Waals surface area contributed by atoms with Crippen LogP contribution < -0.4 is 0 Å². The summed E-state index contributed by atoms with van der Waals surface area (Å²) in [5.74, 6) is -2.83. The number of ketones is 4. The molecule has 0 saturated carbocycles. The second-order valence-electron chi connectivity index (χ2n) is 2.97. The normalized spacial score (nSPS) is 10.0. The van der Waals surface area contributed by atoms with Crippen molar-refractivity contribution in [2.75, 3.05) is 0 Å². The van der Waals surface area contributed by atoms with Gasteiger partial charge < -0.3 is 0 Å². The molecule has 0 aliphatic rings. The van der Waals surface area contributed by atoms with E-state index in [0.29, 0.717) is 0 Å². The molecule has 14 heavy (non-hydrogen) atoms. The molecule has 0 amide bonds. The van der Waals surface area contributed by atoms with Crippen LogP contribution in [-0.4, -0.2) is 23.1 Å². The van der Waals surface area contributed by atoms with Crippen LogP contribution in [0, 0.1) is 5.41 Å². The molecule has 0 aromatic heterocycles. The number of Topliss-reactive ketones (excluding diaryl/α,β-unsaturated/α-hetero) is 4. The molecular weight excluding hydrogens is 223 g/mol. The molecule has 1 radical (unpaired) electrons. The van der Waals surface area contributed by atoms with E-state index in [1.54, 1.807) is 0 Å². The fourth-order valence-electron chi connectivity index (χ4n) is 1.49. The fraction of sp³-hybridized carbons (Fsp3) is 0.556. The van der Waals surface area contributed by atoms with Crippen LogP contribution in [0.2, 0.25) is 0 Å². The van der Waals surface area contributed by atoms with Gasteiger partial charge in [0.05, 0.1) is 0 Å². The minimum absolute atomic E-state index is 0. The molecule has 75 valence electrons. The van der Waals surface area contributed by atoms with E-state index < -0.39 is 28.5 Å². The molecule has 0 rings (SSSR count). The van der Waals surface area contributed by atoms with E-state index in [1.807, 2.05) is 0 Å². The minimum Gasteiger partial charge on any atom is -0.298 e. The predicted octanol–water partition coefficient (Wildman–Crippen LogP) is 0.326. The molecule has 0 unspecified atom stereocenters. The monoisotopic (exact) mass is 235 g/mol. The van der Waals surface area contributed by atoms with Crippen molar-refractivity contribution in [1.82, 2.24) is 0 Å². The fourth-order valence-corrected chi connectivity index (χ4v) is 1.49. The van der Waals surface area contributed by atoms with Crippen LogP contribution in [0.5, 0.6) is 0 Å². The summed E-state index contributed by atoms with van der Waals surface area (Å²) in [4.78, 5) is 44.5. The van der Waals surface area contributed by atoms with Gasteiger partial charge >= 0.3 is 18.6 Å². The molecular formula is C9H12O4V+2. The SMILES string of the molecule is CC(=O)C(C(C)=O)(C(C)=O)C(C)=O.[V+2]. The number of hydrogen-bond donors (Lipinski definition) is 0. The Balaban J connectivity index is 0. The van der Waals surface area contributed by atoms with Gasteiger partial charge in [0, 0.05) is 0 Å². The summed E-state index contributed by atoms with van der Waals surface area (Å²) in [6.45, 7) is 4.29. The molecule has 4 nitrogen and oxygen atoms in total.